The van der Waals surface area contributed by atoms with E-state index in [-0.39, 0.29) is 5.91 Å². The second kappa shape index (κ2) is 8.36. The Morgan fingerprint density at radius 3 is 2.29 bits per heavy atom. The topological polar surface area (TPSA) is 47.6 Å². The first-order chi connectivity index (χ1) is 13.7. The highest BCUT2D eigenvalue weighted by Gasteiger charge is 2.41. The molecule has 2 aromatic carbocycles. The average molecular weight is 380 g/mol. The minimum atomic E-state index is -0.537. The number of carbonyl (C=O) groups excluding carboxylic acids is 1. The van der Waals surface area contributed by atoms with Crippen LogP contribution >= 0.6 is 0 Å². The summed E-state index contributed by atoms with van der Waals surface area (Å²) in [6.45, 7) is 3.28. The molecule has 28 heavy (non-hydrogen) atoms. The van der Waals surface area contributed by atoms with Crippen molar-refractivity contribution in [2.75, 3.05) is 18.5 Å². The van der Waals surface area contributed by atoms with Crippen LogP contribution in [0.5, 0.6) is 5.75 Å². The Morgan fingerprint density at radius 2 is 1.64 bits per heavy atom. The number of ether oxygens (including phenoxy) is 2. The highest BCUT2D eigenvalue weighted by molar-refractivity contribution is 5.99. The van der Waals surface area contributed by atoms with Gasteiger partial charge in [0.05, 0.1) is 11.5 Å². The largest absolute Gasteiger partial charge is 0.490 e. The molecular formula is C24H29NO3. The van der Waals surface area contributed by atoms with Gasteiger partial charge in [-0.2, -0.15) is 0 Å². The summed E-state index contributed by atoms with van der Waals surface area (Å²) < 4.78 is 11.6. The van der Waals surface area contributed by atoms with Crippen molar-refractivity contribution >= 4 is 11.6 Å². The maximum absolute atomic E-state index is 13.3. The molecule has 1 amide bonds. The molecule has 1 aliphatic heterocycles. The van der Waals surface area contributed by atoms with Gasteiger partial charge >= 0.3 is 0 Å². The van der Waals surface area contributed by atoms with Crippen LogP contribution in [-0.4, -0.2) is 25.2 Å². The summed E-state index contributed by atoms with van der Waals surface area (Å²) in [5.74, 6) is 0.924. The molecule has 1 saturated carbocycles. The smallest absolute Gasteiger partial charge is 0.235 e. The lowest BCUT2D eigenvalue weighted by Crippen LogP contribution is -2.44. The van der Waals surface area contributed by atoms with E-state index in [0.29, 0.717) is 32.2 Å². The lowest BCUT2D eigenvalue weighted by Gasteiger charge is -2.36. The third-order valence-electron chi connectivity index (χ3n) is 6.10. The molecule has 0 spiro atoms. The summed E-state index contributed by atoms with van der Waals surface area (Å²) in [5, 5.41) is 3.14. The first-order valence-corrected chi connectivity index (χ1v) is 10.4. The lowest BCUT2D eigenvalue weighted by molar-refractivity contribution is -0.125. The van der Waals surface area contributed by atoms with E-state index in [4.69, 9.17) is 9.47 Å². The first-order valence-electron chi connectivity index (χ1n) is 10.4. The Morgan fingerprint density at radius 1 is 1.00 bits per heavy atom. The zero-order chi connectivity index (χ0) is 19.4. The molecule has 148 valence electrons. The van der Waals surface area contributed by atoms with E-state index < -0.39 is 5.41 Å². The van der Waals surface area contributed by atoms with Gasteiger partial charge in [0.25, 0.3) is 0 Å². The predicted molar refractivity (Wildman–Crippen MR) is 111 cm³/mol. The molecular weight excluding hydrogens is 350 g/mol. The standard InChI is InChI=1S/C24H29NO3/c1-18-6-8-19(9-7-18)24(14-16-27-17-15-24)23(26)25-20-10-12-22(13-11-20)28-21-4-2-3-5-21/h6-13,21H,2-5,14-17H2,1H3,(H,25,26). The van der Waals surface area contributed by atoms with E-state index in [0.717, 1.165) is 29.8 Å². The summed E-state index contributed by atoms with van der Waals surface area (Å²) in [6.07, 6.45) is 6.52. The van der Waals surface area contributed by atoms with Crippen molar-refractivity contribution in [3.63, 3.8) is 0 Å². The van der Waals surface area contributed by atoms with Crippen LogP contribution in [-0.2, 0) is 14.9 Å². The van der Waals surface area contributed by atoms with Gasteiger partial charge in [-0.05, 0) is 75.3 Å². The van der Waals surface area contributed by atoms with Crippen molar-refractivity contribution in [1.82, 2.24) is 0 Å². The van der Waals surface area contributed by atoms with E-state index in [1.54, 1.807) is 0 Å². The minimum absolute atomic E-state index is 0.0455. The van der Waals surface area contributed by atoms with E-state index in [1.807, 2.05) is 24.3 Å². The highest BCUT2D eigenvalue weighted by atomic mass is 16.5. The van der Waals surface area contributed by atoms with Crippen molar-refractivity contribution < 1.29 is 14.3 Å². The van der Waals surface area contributed by atoms with Gasteiger partial charge in [-0.1, -0.05) is 29.8 Å². The van der Waals surface area contributed by atoms with Gasteiger partial charge in [0.15, 0.2) is 0 Å². The summed E-state index contributed by atoms with van der Waals surface area (Å²) in [7, 11) is 0. The van der Waals surface area contributed by atoms with Gasteiger partial charge in [-0.3, -0.25) is 4.79 Å². The van der Waals surface area contributed by atoms with E-state index >= 15 is 0 Å². The van der Waals surface area contributed by atoms with Gasteiger partial charge in [0.2, 0.25) is 5.91 Å². The molecule has 0 unspecified atom stereocenters. The number of hydrogen-bond acceptors (Lipinski definition) is 3. The number of benzene rings is 2. The van der Waals surface area contributed by atoms with Gasteiger partial charge in [0.1, 0.15) is 5.75 Å². The fourth-order valence-electron chi connectivity index (χ4n) is 4.31. The van der Waals surface area contributed by atoms with E-state index in [1.165, 1.54) is 18.4 Å². The molecule has 2 aromatic rings. The molecule has 2 aliphatic rings. The summed E-state index contributed by atoms with van der Waals surface area (Å²) in [4.78, 5) is 13.3. The summed E-state index contributed by atoms with van der Waals surface area (Å²) in [6, 6.07) is 16.1. The molecule has 0 atom stereocenters. The van der Waals surface area contributed by atoms with Crippen LogP contribution in [0.15, 0.2) is 48.5 Å². The average Bonchev–Trinajstić information content (AvgIpc) is 3.23. The van der Waals surface area contributed by atoms with Gasteiger partial charge in [-0.15, -0.1) is 0 Å². The molecule has 0 bridgehead atoms. The number of carbonyl (C=O) groups is 1. The molecule has 1 N–H and O–H groups in total. The second-order valence-corrected chi connectivity index (χ2v) is 8.06. The van der Waals surface area contributed by atoms with Crippen LogP contribution in [0, 0.1) is 6.92 Å². The molecule has 1 saturated heterocycles. The molecule has 1 heterocycles. The molecule has 4 rings (SSSR count). The summed E-state index contributed by atoms with van der Waals surface area (Å²) >= 11 is 0. The maximum Gasteiger partial charge on any atom is 0.235 e. The Bertz CT molecular complexity index is 786. The Balaban J connectivity index is 1.48. The van der Waals surface area contributed by atoms with Crippen molar-refractivity contribution in [2.24, 2.45) is 0 Å². The van der Waals surface area contributed by atoms with Crippen molar-refractivity contribution in [3.8, 4) is 5.75 Å². The van der Waals surface area contributed by atoms with E-state index in [9.17, 15) is 4.79 Å². The fraction of sp³-hybridized carbons (Fsp3) is 0.458. The van der Waals surface area contributed by atoms with Crippen LogP contribution in [0.4, 0.5) is 5.69 Å². The Hall–Kier alpha value is -2.33. The zero-order valence-corrected chi connectivity index (χ0v) is 16.6. The Labute approximate surface area is 167 Å². The van der Waals surface area contributed by atoms with Gasteiger partial charge < -0.3 is 14.8 Å². The number of rotatable bonds is 5. The summed E-state index contributed by atoms with van der Waals surface area (Å²) in [5.41, 5.74) is 2.54. The highest BCUT2D eigenvalue weighted by Crippen LogP contribution is 2.36. The predicted octanol–water partition coefficient (Wildman–Crippen LogP) is 5.00. The fourth-order valence-corrected chi connectivity index (χ4v) is 4.31. The maximum atomic E-state index is 13.3. The number of aryl methyl sites for hydroxylation is 1. The van der Waals surface area contributed by atoms with Crippen molar-refractivity contribution in [3.05, 3.63) is 59.7 Å². The Kier molecular flexibility index (Phi) is 5.67. The third-order valence-corrected chi connectivity index (χ3v) is 6.10. The van der Waals surface area contributed by atoms with Crippen LogP contribution in [0.25, 0.3) is 0 Å². The van der Waals surface area contributed by atoms with Gasteiger partial charge in [0, 0.05) is 18.9 Å². The van der Waals surface area contributed by atoms with Crippen LogP contribution in [0.1, 0.15) is 49.7 Å². The zero-order valence-electron chi connectivity index (χ0n) is 16.6. The monoisotopic (exact) mass is 379 g/mol. The minimum Gasteiger partial charge on any atom is -0.490 e. The SMILES string of the molecule is Cc1ccc(C2(C(=O)Nc3ccc(OC4CCCC4)cc3)CCOCC2)cc1. The molecule has 0 radical (unpaired) electrons. The molecule has 4 nitrogen and oxygen atoms in total. The molecule has 1 aliphatic carbocycles. The quantitative estimate of drug-likeness (QED) is 0.795. The second-order valence-electron chi connectivity index (χ2n) is 8.06. The number of amides is 1. The normalized spacial score (nSPS) is 19.3. The van der Waals surface area contributed by atoms with Crippen molar-refractivity contribution in [1.29, 1.82) is 0 Å². The van der Waals surface area contributed by atoms with Crippen LogP contribution in [0.2, 0.25) is 0 Å². The third kappa shape index (κ3) is 4.07. The number of nitrogens with one attached hydrogen (secondary N) is 1. The van der Waals surface area contributed by atoms with Crippen LogP contribution < -0.4 is 10.1 Å². The lowest BCUT2D eigenvalue weighted by atomic mass is 9.73. The van der Waals surface area contributed by atoms with Crippen molar-refractivity contribution in [2.45, 2.75) is 57.0 Å². The van der Waals surface area contributed by atoms with Gasteiger partial charge in [-0.25, -0.2) is 0 Å². The number of anilines is 1. The first kappa shape index (κ1) is 19.0. The molecule has 2 fully saturated rings. The molecule has 0 aromatic heterocycles. The van der Waals surface area contributed by atoms with Crippen LogP contribution in [0.3, 0.4) is 0 Å². The molecule has 4 heteroatoms. The van der Waals surface area contributed by atoms with E-state index in [2.05, 4.69) is 36.5 Å². The number of hydrogen-bond donors (Lipinski definition) is 1.